The minimum absolute atomic E-state index is 0.129. The van der Waals surface area contributed by atoms with Crippen LogP contribution in [0.4, 0.5) is 0 Å². The smallest absolute Gasteiger partial charge is 0.126 e. The van der Waals surface area contributed by atoms with Gasteiger partial charge < -0.3 is 10.2 Å². The zero-order valence-electron chi connectivity index (χ0n) is 9.20. The van der Waals surface area contributed by atoms with Crippen molar-refractivity contribution < 1.29 is 4.42 Å². The molecular formula is C12H15NOS. The van der Waals surface area contributed by atoms with Crippen molar-refractivity contribution in [2.24, 2.45) is 5.73 Å². The Morgan fingerprint density at radius 3 is 2.47 bits per heavy atom. The van der Waals surface area contributed by atoms with Gasteiger partial charge in [-0.1, -0.05) is 0 Å². The molecule has 2 N–H and O–H groups in total. The highest BCUT2D eigenvalue weighted by Gasteiger charge is 2.15. The lowest BCUT2D eigenvalue weighted by Crippen LogP contribution is -2.08. The molecule has 0 spiro atoms. The first-order chi connectivity index (χ1) is 7.08. The van der Waals surface area contributed by atoms with Crippen LogP contribution in [0.5, 0.6) is 0 Å². The molecule has 2 nitrogen and oxygen atoms in total. The highest BCUT2D eigenvalue weighted by atomic mass is 32.1. The number of aryl methyl sites for hydroxylation is 3. The van der Waals surface area contributed by atoms with Crippen molar-refractivity contribution in [1.29, 1.82) is 0 Å². The summed E-state index contributed by atoms with van der Waals surface area (Å²) in [7, 11) is 0. The van der Waals surface area contributed by atoms with Gasteiger partial charge in [0.1, 0.15) is 11.5 Å². The van der Waals surface area contributed by atoms with Crippen LogP contribution >= 0.6 is 11.3 Å². The normalized spacial score (nSPS) is 13.1. The van der Waals surface area contributed by atoms with Gasteiger partial charge in [-0.25, -0.2) is 0 Å². The van der Waals surface area contributed by atoms with Gasteiger partial charge in [0.2, 0.25) is 0 Å². The van der Waals surface area contributed by atoms with Crippen molar-refractivity contribution in [2.75, 3.05) is 0 Å². The Morgan fingerprint density at radius 1 is 1.27 bits per heavy atom. The van der Waals surface area contributed by atoms with Crippen LogP contribution in [-0.2, 0) is 0 Å². The Morgan fingerprint density at radius 2 is 2.00 bits per heavy atom. The van der Waals surface area contributed by atoms with Crippen LogP contribution < -0.4 is 5.73 Å². The van der Waals surface area contributed by atoms with Crippen LogP contribution in [0.1, 0.15) is 32.9 Å². The van der Waals surface area contributed by atoms with Gasteiger partial charge in [0, 0.05) is 9.75 Å². The summed E-state index contributed by atoms with van der Waals surface area (Å²) in [5.41, 5.74) is 7.43. The highest BCUT2D eigenvalue weighted by Crippen LogP contribution is 2.29. The SMILES string of the molecule is Cc1ccc(C(N)c2cc(C)c(C)s2)o1. The number of hydrogen-bond donors (Lipinski definition) is 1. The zero-order valence-corrected chi connectivity index (χ0v) is 10.0. The molecule has 80 valence electrons. The third kappa shape index (κ3) is 1.98. The summed E-state index contributed by atoms with van der Waals surface area (Å²) < 4.78 is 5.53. The molecule has 0 aliphatic heterocycles. The molecule has 0 radical (unpaired) electrons. The maximum absolute atomic E-state index is 6.13. The van der Waals surface area contributed by atoms with Crippen LogP contribution in [0.25, 0.3) is 0 Å². The topological polar surface area (TPSA) is 39.2 Å². The lowest BCUT2D eigenvalue weighted by molar-refractivity contribution is 0.468. The molecule has 2 rings (SSSR count). The van der Waals surface area contributed by atoms with Gasteiger partial charge in [-0.3, -0.25) is 0 Å². The second-order valence-electron chi connectivity index (χ2n) is 3.81. The molecule has 2 aromatic heterocycles. The van der Waals surface area contributed by atoms with Gasteiger partial charge in [-0.15, -0.1) is 11.3 Å². The Bertz CT molecular complexity index is 450. The molecule has 0 aliphatic carbocycles. The van der Waals surface area contributed by atoms with Gasteiger partial charge in [0.15, 0.2) is 0 Å². The third-order valence-electron chi connectivity index (χ3n) is 2.56. The Balaban J connectivity index is 2.31. The van der Waals surface area contributed by atoms with Gasteiger partial charge >= 0.3 is 0 Å². The average Bonchev–Trinajstić information content (AvgIpc) is 2.74. The Kier molecular flexibility index (Phi) is 2.67. The summed E-state index contributed by atoms with van der Waals surface area (Å²) in [5.74, 6) is 1.75. The number of thiophene rings is 1. The van der Waals surface area contributed by atoms with Crippen molar-refractivity contribution in [3.63, 3.8) is 0 Å². The Labute approximate surface area is 93.7 Å². The van der Waals surface area contributed by atoms with Gasteiger partial charge in [0.25, 0.3) is 0 Å². The van der Waals surface area contributed by atoms with Crippen molar-refractivity contribution in [1.82, 2.24) is 0 Å². The first-order valence-electron chi connectivity index (χ1n) is 4.97. The van der Waals surface area contributed by atoms with Crippen LogP contribution in [-0.4, -0.2) is 0 Å². The second kappa shape index (κ2) is 3.83. The van der Waals surface area contributed by atoms with E-state index in [0.717, 1.165) is 11.5 Å². The van der Waals surface area contributed by atoms with E-state index in [1.54, 1.807) is 11.3 Å². The molecule has 0 aromatic carbocycles. The summed E-state index contributed by atoms with van der Waals surface area (Å²) in [6.45, 7) is 6.15. The first kappa shape index (κ1) is 10.5. The molecule has 3 heteroatoms. The van der Waals surface area contributed by atoms with Crippen LogP contribution in [0.2, 0.25) is 0 Å². The van der Waals surface area contributed by atoms with Crippen LogP contribution in [0, 0.1) is 20.8 Å². The van der Waals surface area contributed by atoms with Crippen LogP contribution in [0.15, 0.2) is 22.6 Å². The molecule has 15 heavy (non-hydrogen) atoms. The number of hydrogen-bond acceptors (Lipinski definition) is 3. The molecular weight excluding hydrogens is 206 g/mol. The molecule has 0 saturated heterocycles. The predicted octanol–water partition coefficient (Wildman–Crippen LogP) is 3.31. The molecule has 0 fully saturated rings. The van der Waals surface area contributed by atoms with E-state index in [4.69, 9.17) is 10.2 Å². The lowest BCUT2D eigenvalue weighted by atomic mass is 10.2. The summed E-state index contributed by atoms with van der Waals surface area (Å²) in [6.07, 6.45) is 0. The minimum atomic E-state index is -0.129. The van der Waals surface area contributed by atoms with E-state index in [1.165, 1.54) is 15.3 Å². The minimum Gasteiger partial charge on any atom is -0.464 e. The average molecular weight is 221 g/mol. The summed E-state index contributed by atoms with van der Waals surface area (Å²) in [5, 5.41) is 0. The standard InChI is InChI=1S/C12H15NOS/c1-7-6-11(15-9(7)3)12(13)10-5-4-8(2)14-10/h4-6,12H,13H2,1-3H3. The van der Waals surface area contributed by atoms with Crippen LogP contribution in [0.3, 0.4) is 0 Å². The Hall–Kier alpha value is -1.06. The van der Waals surface area contributed by atoms with Gasteiger partial charge in [-0.05, 0) is 44.5 Å². The maximum atomic E-state index is 6.13. The van der Waals surface area contributed by atoms with E-state index in [-0.39, 0.29) is 6.04 Å². The van der Waals surface area contributed by atoms with E-state index >= 15 is 0 Å². The predicted molar refractivity (Wildman–Crippen MR) is 63.3 cm³/mol. The fourth-order valence-electron chi connectivity index (χ4n) is 1.52. The maximum Gasteiger partial charge on any atom is 0.126 e. The number of furan rings is 1. The van der Waals surface area contributed by atoms with E-state index < -0.39 is 0 Å². The molecule has 1 atom stereocenters. The summed E-state index contributed by atoms with van der Waals surface area (Å²) >= 11 is 1.74. The molecule has 2 heterocycles. The molecule has 2 aromatic rings. The second-order valence-corrected chi connectivity index (χ2v) is 5.10. The largest absolute Gasteiger partial charge is 0.464 e. The van der Waals surface area contributed by atoms with Crippen molar-refractivity contribution in [3.05, 3.63) is 45.0 Å². The molecule has 0 amide bonds. The highest BCUT2D eigenvalue weighted by molar-refractivity contribution is 7.12. The fourth-order valence-corrected chi connectivity index (χ4v) is 2.57. The quantitative estimate of drug-likeness (QED) is 0.845. The van der Waals surface area contributed by atoms with Crippen molar-refractivity contribution >= 4 is 11.3 Å². The summed E-state index contributed by atoms with van der Waals surface area (Å²) in [4.78, 5) is 2.49. The third-order valence-corrected chi connectivity index (χ3v) is 3.79. The van der Waals surface area contributed by atoms with Crippen molar-refractivity contribution in [3.8, 4) is 0 Å². The van der Waals surface area contributed by atoms with Crippen molar-refractivity contribution in [2.45, 2.75) is 26.8 Å². The van der Waals surface area contributed by atoms with E-state index in [2.05, 4.69) is 19.9 Å². The number of nitrogens with two attached hydrogens (primary N) is 1. The molecule has 0 saturated carbocycles. The monoisotopic (exact) mass is 221 g/mol. The van der Waals surface area contributed by atoms with E-state index in [1.807, 2.05) is 19.1 Å². The zero-order chi connectivity index (χ0) is 11.0. The van der Waals surface area contributed by atoms with E-state index in [0.29, 0.717) is 0 Å². The molecule has 1 unspecified atom stereocenters. The first-order valence-corrected chi connectivity index (χ1v) is 5.78. The number of rotatable bonds is 2. The van der Waals surface area contributed by atoms with Gasteiger partial charge in [0.05, 0.1) is 6.04 Å². The van der Waals surface area contributed by atoms with Gasteiger partial charge in [-0.2, -0.15) is 0 Å². The molecule has 0 aliphatic rings. The lowest BCUT2D eigenvalue weighted by Gasteiger charge is -2.05. The fraction of sp³-hybridized carbons (Fsp3) is 0.333. The summed E-state index contributed by atoms with van der Waals surface area (Å²) in [6, 6.07) is 5.91. The molecule has 0 bridgehead atoms. The van der Waals surface area contributed by atoms with E-state index in [9.17, 15) is 0 Å².